The van der Waals surface area contributed by atoms with Gasteiger partial charge in [0.25, 0.3) is 5.69 Å². The number of sulfone groups is 1. The average molecular weight is 272 g/mol. The molecule has 0 amide bonds. The molecule has 1 heterocycles. The lowest BCUT2D eigenvalue weighted by Gasteiger charge is -2.11. The van der Waals surface area contributed by atoms with Gasteiger partial charge in [0, 0.05) is 11.5 Å². The van der Waals surface area contributed by atoms with Crippen molar-refractivity contribution in [3.63, 3.8) is 0 Å². The standard InChI is InChI=1S/C10H9FN2O4S/c11-9-5-8(13(14)15)1-2-10(9)12-7-3-4-18(16,17)6-7/h1-5,7,12H,6H2. The Bertz CT molecular complexity index is 627. The molecule has 1 aromatic carbocycles. The fourth-order valence-electron chi connectivity index (χ4n) is 1.60. The average Bonchev–Trinajstić information content (AvgIpc) is 2.61. The molecule has 18 heavy (non-hydrogen) atoms. The maximum atomic E-state index is 13.5. The smallest absolute Gasteiger partial charge is 0.272 e. The van der Waals surface area contributed by atoms with E-state index in [2.05, 4.69) is 5.32 Å². The predicted molar refractivity (Wildman–Crippen MR) is 63.4 cm³/mol. The summed E-state index contributed by atoms with van der Waals surface area (Å²) in [6.45, 7) is 0. The molecule has 0 saturated heterocycles. The molecule has 0 bridgehead atoms. The summed E-state index contributed by atoms with van der Waals surface area (Å²) >= 11 is 0. The van der Waals surface area contributed by atoms with Crippen LogP contribution in [0, 0.1) is 15.9 Å². The Balaban J connectivity index is 2.16. The van der Waals surface area contributed by atoms with E-state index in [0.717, 1.165) is 17.5 Å². The van der Waals surface area contributed by atoms with Crippen LogP contribution in [0.4, 0.5) is 15.8 Å². The molecule has 1 aliphatic heterocycles. The summed E-state index contributed by atoms with van der Waals surface area (Å²) in [5.74, 6) is -0.939. The Labute approximate surface area is 102 Å². The molecule has 1 atom stereocenters. The van der Waals surface area contributed by atoms with Crippen molar-refractivity contribution in [3.8, 4) is 0 Å². The van der Waals surface area contributed by atoms with E-state index in [1.54, 1.807) is 0 Å². The maximum Gasteiger partial charge on any atom is 0.272 e. The lowest BCUT2D eigenvalue weighted by molar-refractivity contribution is -0.385. The lowest BCUT2D eigenvalue weighted by Crippen LogP contribution is -2.21. The summed E-state index contributed by atoms with van der Waals surface area (Å²) < 4.78 is 35.8. The summed E-state index contributed by atoms with van der Waals surface area (Å²) in [5, 5.41) is 14.2. The van der Waals surface area contributed by atoms with Crippen LogP contribution in [0.1, 0.15) is 0 Å². The van der Waals surface area contributed by atoms with Gasteiger partial charge >= 0.3 is 0 Å². The molecule has 6 nitrogen and oxygen atoms in total. The fraction of sp³-hybridized carbons (Fsp3) is 0.200. The summed E-state index contributed by atoms with van der Waals surface area (Å²) in [6.07, 6.45) is 1.41. The molecule has 1 unspecified atom stereocenters. The van der Waals surface area contributed by atoms with Crippen molar-refractivity contribution in [1.29, 1.82) is 0 Å². The molecule has 0 saturated carbocycles. The number of nitrogens with one attached hydrogen (secondary N) is 1. The third-order valence-electron chi connectivity index (χ3n) is 2.43. The molecule has 2 rings (SSSR count). The number of nitro benzene ring substituents is 1. The minimum atomic E-state index is -3.22. The summed E-state index contributed by atoms with van der Waals surface area (Å²) in [7, 11) is -3.22. The van der Waals surface area contributed by atoms with Gasteiger partial charge in [-0.15, -0.1) is 0 Å². The van der Waals surface area contributed by atoms with Gasteiger partial charge in [0.2, 0.25) is 0 Å². The highest BCUT2D eigenvalue weighted by Crippen LogP contribution is 2.22. The van der Waals surface area contributed by atoms with Crippen molar-refractivity contribution in [1.82, 2.24) is 0 Å². The second kappa shape index (κ2) is 4.37. The van der Waals surface area contributed by atoms with Crippen LogP contribution in [-0.2, 0) is 9.84 Å². The molecule has 1 aliphatic rings. The van der Waals surface area contributed by atoms with Crippen LogP contribution in [0.25, 0.3) is 0 Å². The summed E-state index contributed by atoms with van der Waals surface area (Å²) in [5.41, 5.74) is -0.319. The maximum absolute atomic E-state index is 13.5. The van der Waals surface area contributed by atoms with E-state index >= 15 is 0 Å². The van der Waals surface area contributed by atoms with E-state index in [-0.39, 0.29) is 17.1 Å². The van der Waals surface area contributed by atoms with Crippen molar-refractivity contribution in [2.45, 2.75) is 6.04 Å². The van der Waals surface area contributed by atoms with Crippen LogP contribution in [0.2, 0.25) is 0 Å². The van der Waals surface area contributed by atoms with E-state index in [4.69, 9.17) is 0 Å². The molecule has 0 fully saturated rings. The largest absolute Gasteiger partial charge is 0.375 e. The molecule has 0 aromatic heterocycles. The molecular formula is C10H9FN2O4S. The Morgan fingerprint density at radius 1 is 1.44 bits per heavy atom. The SMILES string of the molecule is O=[N+]([O-])c1ccc(NC2C=CS(=O)(=O)C2)c(F)c1. The monoisotopic (exact) mass is 272 g/mol. The highest BCUT2D eigenvalue weighted by atomic mass is 32.2. The van der Waals surface area contributed by atoms with Gasteiger partial charge in [-0.3, -0.25) is 10.1 Å². The van der Waals surface area contributed by atoms with Crippen LogP contribution in [-0.4, -0.2) is 25.1 Å². The lowest BCUT2D eigenvalue weighted by atomic mass is 10.2. The van der Waals surface area contributed by atoms with E-state index in [0.29, 0.717) is 0 Å². The normalized spacial score (nSPS) is 20.8. The zero-order chi connectivity index (χ0) is 13.3. The van der Waals surface area contributed by atoms with Crippen molar-refractivity contribution >= 4 is 21.2 Å². The third kappa shape index (κ3) is 2.65. The quantitative estimate of drug-likeness (QED) is 0.664. The van der Waals surface area contributed by atoms with E-state index in [1.165, 1.54) is 12.1 Å². The van der Waals surface area contributed by atoms with E-state index in [1.807, 2.05) is 0 Å². The number of non-ortho nitro benzene ring substituents is 1. The number of halogens is 1. The zero-order valence-electron chi connectivity index (χ0n) is 9.04. The van der Waals surface area contributed by atoms with Gasteiger partial charge in [-0.05, 0) is 6.07 Å². The summed E-state index contributed by atoms with van der Waals surface area (Å²) in [6, 6.07) is 2.63. The summed E-state index contributed by atoms with van der Waals surface area (Å²) in [4.78, 5) is 9.72. The van der Waals surface area contributed by atoms with Gasteiger partial charge in [-0.1, -0.05) is 6.08 Å². The van der Waals surface area contributed by atoms with Crippen molar-refractivity contribution in [2.24, 2.45) is 0 Å². The number of hydrogen-bond donors (Lipinski definition) is 1. The highest BCUT2D eigenvalue weighted by Gasteiger charge is 2.22. The Morgan fingerprint density at radius 2 is 2.17 bits per heavy atom. The van der Waals surface area contributed by atoms with Crippen molar-refractivity contribution in [3.05, 3.63) is 45.6 Å². The van der Waals surface area contributed by atoms with Gasteiger partial charge in [0.05, 0.1) is 28.5 Å². The second-order valence-electron chi connectivity index (χ2n) is 3.83. The molecule has 96 valence electrons. The molecule has 8 heteroatoms. The highest BCUT2D eigenvalue weighted by molar-refractivity contribution is 7.94. The Morgan fingerprint density at radius 3 is 2.67 bits per heavy atom. The number of hydrogen-bond acceptors (Lipinski definition) is 5. The van der Waals surface area contributed by atoms with Gasteiger partial charge < -0.3 is 5.32 Å². The number of anilines is 1. The second-order valence-corrected chi connectivity index (χ2v) is 5.76. The first-order valence-corrected chi connectivity index (χ1v) is 6.70. The predicted octanol–water partition coefficient (Wildman–Crippen LogP) is 1.46. The van der Waals surface area contributed by atoms with Gasteiger partial charge in [0.1, 0.15) is 0 Å². The minimum absolute atomic E-state index is 0.0346. The van der Waals surface area contributed by atoms with Crippen molar-refractivity contribution in [2.75, 3.05) is 11.1 Å². The first kappa shape index (κ1) is 12.5. The van der Waals surface area contributed by atoms with E-state index < -0.39 is 26.6 Å². The fourth-order valence-corrected chi connectivity index (χ4v) is 2.84. The molecule has 1 aromatic rings. The first-order valence-electron chi connectivity index (χ1n) is 4.99. The van der Waals surface area contributed by atoms with Crippen LogP contribution in [0.15, 0.2) is 29.7 Å². The van der Waals surface area contributed by atoms with Gasteiger partial charge in [-0.2, -0.15) is 0 Å². The molecule has 0 spiro atoms. The topological polar surface area (TPSA) is 89.3 Å². The van der Waals surface area contributed by atoms with Crippen LogP contribution in [0.3, 0.4) is 0 Å². The van der Waals surface area contributed by atoms with Crippen LogP contribution < -0.4 is 5.32 Å². The number of benzene rings is 1. The van der Waals surface area contributed by atoms with Crippen LogP contribution >= 0.6 is 0 Å². The minimum Gasteiger partial charge on any atom is -0.375 e. The number of rotatable bonds is 3. The van der Waals surface area contributed by atoms with E-state index in [9.17, 15) is 22.9 Å². The third-order valence-corrected chi connectivity index (χ3v) is 3.83. The Hall–Kier alpha value is -1.96. The first-order chi connectivity index (χ1) is 8.37. The molecule has 0 radical (unpaired) electrons. The molecule has 0 aliphatic carbocycles. The number of nitrogens with zero attached hydrogens (tertiary/aromatic N) is 1. The molecular weight excluding hydrogens is 263 g/mol. The zero-order valence-corrected chi connectivity index (χ0v) is 9.85. The van der Waals surface area contributed by atoms with Crippen molar-refractivity contribution < 1.29 is 17.7 Å². The number of nitro groups is 1. The van der Waals surface area contributed by atoms with Gasteiger partial charge in [-0.25, -0.2) is 12.8 Å². The van der Waals surface area contributed by atoms with Gasteiger partial charge in [0.15, 0.2) is 15.7 Å². The van der Waals surface area contributed by atoms with Crippen LogP contribution in [0.5, 0.6) is 0 Å². The Kier molecular flexibility index (Phi) is 3.04. The molecule has 1 N–H and O–H groups in total.